The molecule has 2 aromatic carbocycles. The van der Waals surface area contributed by atoms with E-state index in [0.29, 0.717) is 22.8 Å². The van der Waals surface area contributed by atoms with Crippen molar-refractivity contribution in [2.24, 2.45) is 0 Å². The maximum Gasteiger partial charge on any atom is 0.312 e. The lowest BCUT2D eigenvalue weighted by atomic mass is 10.1. The molecule has 0 N–H and O–H groups in total. The zero-order valence-electron chi connectivity index (χ0n) is 14.4. The maximum absolute atomic E-state index is 11.1. The lowest BCUT2D eigenvalue weighted by molar-refractivity contribution is -0.385. The van der Waals surface area contributed by atoms with Gasteiger partial charge in [0.25, 0.3) is 0 Å². The van der Waals surface area contributed by atoms with E-state index in [1.54, 1.807) is 30.4 Å². The Hall–Kier alpha value is -3.22. The van der Waals surface area contributed by atoms with Crippen molar-refractivity contribution in [1.82, 2.24) is 0 Å². The monoisotopic (exact) mass is 344 g/mol. The SMILES string of the molecule is COc1[c]cc(C=Cc2cc(OC)c(OC)c(OC)c2)cc1[N+](=O)[O-]. The van der Waals surface area contributed by atoms with Gasteiger partial charge < -0.3 is 18.9 Å². The van der Waals surface area contributed by atoms with E-state index in [1.807, 2.05) is 0 Å². The molecule has 0 saturated heterocycles. The van der Waals surface area contributed by atoms with Gasteiger partial charge in [0.1, 0.15) is 0 Å². The number of nitro benzene ring substituents is 1. The predicted octanol–water partition coefficient (Wildman–Crippen LogP) is 3.60. The molecular formula is C18H18NO6. The molecule has 2 rings (SSSR count). The van der Waals surface area contributed by atoms with E-state index in [0.717, 1.165) is 5.56 Å². The van der Waals surface area contributed by atoms with Crippen LogP contribution < -0.4 is 18.9 Å². The summed E-state index contributed by atoms with van der Waals surface area (Å²) in [6.07, 6.45) is 3.51. The summed E-state index contributed by atoms with van der Waals surface area (Å²) in [4.78, 5) is 10.6. The molecule has 7 nitrogen and oxygen atoms in total. The van der Waals surface area contributed by atoms with Gasteiger partial charge in [-0.25, -0.2) is 0 Å². The Labute approximate surface area is 145 Å². The van der Waals surface area contributed by atoms with Crippen molar-refractivity contribution in [3.63, 3.8) is 0 Å². The highest BCUT2D eigenvalue weighted by Gasteiger charge is 2.15. The molecule has 0 bridgehead atoms. The number of nitrogens with zero attached hydrogens (tertiary/aromatic N) is 1. The van der Waals surface area contributed by atoms with E-state index in [-0.39, 0.29) is 11.4 Å². The molecule has 0 aromatic heterocycles. The van der Waals surface area contributed by atoms with Gasteiger partial charge in [0.2, 0.25) is 11.5 Å². The van der Waals surface area contributed by atoms with Crippen LogP contribution in [-0.2, 0) is 0 Å². The van der Waals surface area contributed by atoms with Gasteiger partial charge in [0.05, 0.1) is 33.4 Å². The van der Waals surface area contributed by atoms with E-state index in [4.69, 9.17) is 18.9 Å². The highest BCUT2D eigenvalue weighted by molar-refractivity contribution is 5.74. The molecular weight excluding hydrogens is 326 g/mol. The number of hydrogen-bond acceptors (Lipinski definition) is 6. The largest absolute Gasteiger partial charge is 0.493 e. The zero-order valence-corrected chi connectivity index (χ0v) is 14.4. The Balaban J connectivity index is 2.39. The number of benzene rings is 2. The van der Waals surface area contributed by atoms with Crippen LogP contribution in [0.2, 0.25) is 0 Å². The first-order valence-corrected chi connectivity index (χ1v) is 7.26. The van der Waals surface area contributed by atoms with E-state index >= 15 is 0 Å². The fourth-order valence-corrected chi connectivity index (χ4v) is 2.27. The summed E-state index contributed by atoms with van der Waals surface area (Å²) >= 11 is 0. The normalized spacial score (nSPS) is 10.6. The summed E-state index contributed by atoms with van der Waals surface area (Å²) in [6, 6.07) is 9.34. The summed E-state index contributed by atoms with van der Waals surface area (Å²) in [5, 5.41) is 11.1. The van der Waals surface area contributed by atoms with Crippen molar-refractivity contribution < 1.29 is 23.9 Å². The lowest BCUT2D eigenvalue weighted by Gasteiger charge is -2.12. The van der Waals surface area contributed by atoms with Gasteiger partial charge >= 0.3 is 5.69 Å². The van der Waals surface area contributed by atoms with Crippen molar-refractivity contribution in [2.45, 2.75) is 0 Å². The molecule has 0 aliphatic carbocycles. The van der Waals surface area contributed by atoms with Gasteiger partial charge in [-0.15, -0.1) is 0 Å². The molecule has 0 atom stereocenters. The summed E-state index contributed by atoms with van der Waals surface area (Å²) in [5.41, 5.74) is 1.25. The van der Waals surface area contributed by atoms with Crippen LogP contribution in [0.3, 0.4) is 0 Å². The minimum Gasteiger partial charge on any atom is -0.493 e. The van der Waals surface area contributed by atoms with Crippen LogP contribution >= 0.6 is 0 Å². The van der Waals surface area contributed by atoms with E-state index < -0.39 is 4.92 Å². The Kier molecular flexibility index (Phi) is 5.84. The van der Waals surface area contributed by atoms with Crippen molar-refractivity contribution in [1.29, 1.82) is 0 Å². The van der Waals surface area contributed by atoms with Crippen LogP contribution in [0.5, 0.6) is 23.0 Å². The third-order valence-electron chi connectivity index (χ3n) is 3.46. The Morgan fingerprint density at radius 2 is 1.52 bits per heavy atom. The summed E-state index contributed by atoms with van der Waals surface area (Å²) in [6.45, 7) is 0. The molecule has 0 amide bonds. The lowest BCUT2D eigenvalue weighted by Crippen LogP contribution is -1.95. The number of methoxy groups -OCH3 is 4. The molecule has 2 aromatic rings. The topological polar surface area (TPSA) is 80.1 Å². The smallest absolute Gasteiger partial charge is 0.312 e. The predicted molar refractivity (Wildman–Crippen MR) is 93.5 cm³/mol. The average Bonchev–Trinajstić information content (AvgIpc) is 2.64. The first-order valence-electron chi connectivity index (χ1n) is 7.26. The van der Waals surface area contributed by atoms with Crippen LogP contribution in [0.4, 0.5) is 5.69 Å². The van der Waals surface area contributed by atoms with E-state index in [1.165, 1.54) is 34.5 Å². The van der Waals surface area contributed by atoms with Gasteiger partial charge in [-0.3, -0.25) is 10.1 Å². The summed E-state index contributed by atoms with van der Waals surface area (Å²) < 4.78 is 20.8. The van der Waals surface area contributed by atoms with Gasteiger partial charge in [0, 0.05) is 12.1 Å². The quantitative estimate of drug-likeness (QED) is 0.434. The second-order valence-corrected chi connectivity index (χ2v) is 4.90. The fourth-order valence-electron chi connectivity index (χ4n) is 2.27. The molecule has 0 fully saturated rings. The van der Waals surface area contributed by atoms with E-state index in [2.05, 4.69) is 6.07 Å². The van der Waals surface area contributed by atoms with Crippen LogP contribution in [0.25, 0.3) is 12.2 Å². The van der Waals surface area contributed by atoms with Crippen LogP contribution in [0.15, 0.2) is 24.3 Å². The van der Waals surface area contributed by atoms with Crippen molar-refractivity contribution in [3.05, 3.63) is 51.6 Å². The number of rotatable bonds is 7. The van der Waals surface area contributed by atoms with Crippen molar-refractivity contribution in [3.8, 4) is 23.0 Å². The molecule has 0 spiro atoms. The molecule has 1 radical (unpaired) electrons. The minimum atomic E-state index is -0.508. The number of ether oxygens (including phenoxy) is 4. The Morgan fingerprint density at radius 1 is 0.920 bits per heavy atom. The highest BCUT2D eigenvalue weighted by atomic mass is 16.6. The Bertz CT molecular complexity index is 775. The molecule has 25 heavy (non-hydrogen) atoms. The van der Waals surface area contributed by atoms with Gasteiger partial charge in [0.15, 0.2) is 11.5 Å². The molecule has 131 valence electrons. The van der Waals surface area contributed by atoms with Crippen LogP contribution in [-0.4, -0.2) is 33.4 Å². The molecule has 0 aliphatic rings. The van der Waals surface area contributed by atoms with Gasteiger partial charge in [-0.05, 0) is 29.3 Å². The Morgan fingerprint density at radius 3 is 2.00 bits per heavy atom. The van der Waals surface area contributed by atoms with Gasteiger partial charge in [-0.1, -0.05) is 12.2 Å². The molecule has 0 saturated carbocycles. The number of nitro groups is 1. The van der Waals surface area contributed by atoms with Crippen molar-refractivity contribution in [2.75, 3.05) is 28.4 Å². The third kappa shape index (κ3) is 4.00. The number of hydrogen-bond donors (Lipinski definition) is 0. The van der Waals surface area contributed by atoms with Crippen molar-refractivity contribution >= 4 is 17.8 Å². The molecule has 0 aliphatic heterocycles. The molecule has 0 heterocycles. The third-order valence-corrected chi connectivity index (χ3v) is 3.46. The summed E-state index contributed by atoms with van der Waals surface area (Å²) in [5.74, 6) is 1.63. The second kappa shape index (κ2) is 8.05. The van der Waals surface area contributed by atoms with Crippen LogP contribution in [0, 0.1) is 16.2 Å². The fraction of sp³-hybridized carbons (Fsp3) is 0.222. The maximum atomic E-state index is 11.1. The van der Waals surface area contributed by atoms with Crippen LogP contribution in [0.1, 0.15) is 11.1 Å². The molecule has 7 heteroatoms. The summed E-state index contributed by atoms with van der Waals surface area (Å²) in [7, 11) is 5.96. The molecule has 0 unspecified atom stereocenters. The highest BCUT2D eigenvalue weighted by Crippen LogP contribution is 2.38. The van der Waals surface area contributed by atoms with Gasteiger partial charge in [-0.2, -0.15) is 0 Å². The van der Waals surface area contributed by atoms with E-state index in [9.17, 15) is 10.1 Å². The minimum absolute atomic E-state index is 0.0925. The standard InChI is InChI=1S/C18H18NO6/c1-22-15-8-7-12(9-14(15)19(20)21)5-6-13-10-16(23-2)18(25-4)17(11-13)24-3/h5-7,9-11H,1-4H3. The second-order valence-electron chi connectivity index (χ2n) is 4.90. The average molecular weight is 344 g/mol. The zero-order chi connectivity index (χ0) is 18.4. The first-order chi connectivity index (χ1) is 12.0. The first kappa shape index (κ1) is 18.1.